The molecule has 1 fully saturated rings. The number of hydrogen-bond acceptors (Lipinski definition) is 5. The molecule has 1 aromatic carbocycles. The van der Waals surface area contributed by atoms with E-state index in [1.165, 1.54) is 23.5 Å². The van der Waals surface area contributed by atoms with Crippen molar-refractivity contribution in [3.05, 3.63) is 48.0 Å². The number of thioether (sulfide) groups is 2. The number of carbonyl (C=O) groups is 2. The monoisotopic (exact) mass is 351 g/mol. The zero-order chi connectivity index (χ0) is 16.7. The number of benzene rings is 1. The van der Waals surface area contributed by atoms with Crippen LogP contribution in [0.25, 0.3) is 0 Å². The number of esters is 1. The molecule has 1 amide bonds. The van der Waals surface area contributed by atoms with Crippen molar-refractivity contribution < 1.29 is 14.3 Å². The molecule has 0 aromatic heterocycles. The lowest BCUT2D eigenvalue weighted by Gasteiger charge is -2.21. The first kappa shape index (κ1) is 17.9. The van der Waals surface area contributed by atoms with Gasteiger partial charge in [0.25, 0.3) is 5.91 Å². The van der Waals surface area contributed by atoms with E-state index in [1.54, 1.807) is 25.1 Å². The Kier molecular flexibility index (Phi) is 7.05. The Labute approximate surface area is 145 Å². The van der Waals surface area contributed by atoms with E-state index in [9.17, 15) is 9.59 Å². The maximum Gasteiger partial charge on any atom is 0.338 e. The van der Waals surface area contributed by atoms with Crippen molar-refractivity contribution in [2.45, 2.75) is 24.0 Å². The fraction of sp³-hybridized carbons (Fsp3) is 0.412. The van der Waals surface area contributed by atoms with E-state index < -0.39 is 12.1 Å². The molecular formula is C17H21NO3S2. The van der Waals surface area contributed by atoms with Crippen LogP contribution in [0.15, 0.2) is 36.9 Å². The number of hydrogen-bond donors (Lipinski definition) is 1. The summed E-state index contributed by atoms with van der Waals surface area (Å²) in [5, 5.41) is 2.60. The average molecular weight is 351 g/mol. The van der Waals surface area contributed by atoms with Gasteiger partial charge in [-0.15, -0.1) is 30.1 Å². The van der Waals surface area contributed by atoms with Crippen molar-refractivity contribution in [1.29, 1.82) is 0 Å². The second-order valence-corrected chi connectivity index (χ2v) is 7.85. The van der Waals surface area contributed by atoms with Gasteiger partial charge in [-0.3, -0.25) is 4.79 Å². The first-order chi connectivity index (χ1) is 11.1. The fourth-order valence-corrected chi connectivity index (χ4v) is 4.95. The highest BCUT2D eigenvalue weighted by Crippen LogP contribution is 2.43. The van der Waals surface area contributed by atoms with Gasteiger partial charge in [-0.25, -0.2) is 4.79 Å². The number of ether oxygens (including phenoxy) is 1. The van der Waals surface area contributed by atoms with E-state index in [4.69, 9.17) is 4.74 Å². The molecular weight excluding hydrogens is 330 g/mol. The summed E-state index contributed by atoms with van der Waals surface area (Å²) in [6.07, 6.45) is 2.00. The molecule has 1 aromatic rings. The number of rotatable bonds is 6. The van der Waals surface area contributed by atoms with Crippen molar-refractivity contribution in [2.75, 3.05) is 18.1 Å². The summed E-state index contributed by atoms with van der Waals surface area (Å²) < 4.78 is 5.63. The Morgan fingerprint density at radius 2 is 2.00 bits per heavy atom. The van der Waals surface area contributed by atoms with E-state index in [2.05, 4.69) is 11.9 Å². The fourth-order valence-electron chi connectivity index (χ4n) is 2.06. The zero-order valence-electron chi connectivity index (χ0n) is 13.1. The highest BCUT2D eigenvalue weighted by atomic mass is 32.2. The van der Waals surface area contributed by atoms with Crippen LogP contribution in [0.1, 0.15) is 33.8 Å². The Morgan fingerprint density at radius 1 is 1.35 bits per heavy atom. The first-order valence-electron chi connectivity index (χ1n) is 7.54. The maximum atomic E-state index is 12.1. The maximum absolute atomic E-state index is 12.1. The standard InChI is InChI=1S/C17H21NO3S2/c1-3-9-18-15(19)12(2)21-16(20)13-5-7-14(8-6-13)17-22-10-4-11-23-17/h3,5-8,12,17H,1,4,9-11H2,2H3,(H,18,19)/t12-/m0/s1. The molecule has 0 spiro atoms. The van der Waals surface area contributed by atoms with Gasteiger partial charge in [0.1, 0.15) is 0 Å². The summed E-state index contributed by atoms with van der Waals surface area (Å²) in [5.74, 6) is 1.55. The SMILES string of the molecule is C=CCNC(=O)[C@H](C)OC(=O)c1ccc(C2SCCCS2)cc1. The van der Waals surface area contributed by atoms with Gasteiger partial charge in [0.05, 0.1) is 10.1 Å². The second-order valence-electron chi connectivity index (χ2n) is 5.13. The average Bonchev–Trinajstić information content (AvgIpc) is 2.60. The molecule has 1 atom stereocenters. The van der Waals surface area contributed by atoms with Gasteiger partial charge in [-0.05, 0) is 42.5 Å². The summed E-state index contributed by atoms with van der Waals surface area (Å²) >= 11 is 3.88. The van der Waals surface area contributed by atoms with Crippen LogP contribution < -0.4 is 5.32 Å². The Balaban J connectivity index is 1.91. The highest BCUT2D eigenvalue weighted by molar-refractivity contribution is 8.16. The number of carbonyl (C=O) groups excluding carboxylic acids is 2. The molecule has 0 radical (unpaired) electrons. The molecule has 1 N–H and O–H groups in total. The van der Waals surface area contributed by atoms with Gasteiger partial charge >= 0.3 is 5.97 Å². The summed E-state index contributed by atoms with van der Waals surface area (Å²) in [7, 11) is 0. The lowest BCUT2D eigenvalue weighted by molar-refractivity contribution is -0.128. The van der Waals surface area contributed by atoms with E-state index in [1.807, 2.05) is 35.7 Å². The van der Waals surface area contributed by atoms with Gasteiger partial charge in [-0.1, -0.05) is 18.2 Å². The lowest BCUT2D eigenvalue weighted by atomic mass is 10.1. The van der Waals surface area contributed by atoms with Gasteiger partial charge in [-0.2, -0.15) is 0 Å². The van der Waals surface area contributed by atoms with Crippen LogP contribution in [0.2, 0.25) is 0 Å². The molecule has 1 aliphatic rings. The van der Waals surface area contributed by atoms with Crippen LogP contribution >= 0.6 is 23.5 Å². The molecule has 6 heteroatoms. The summed E-state index contributed by atoms with van der Waals surface area (Å²) in [5.41, 5.74) is 1.68. The van der Waals surface area contributed by atoms with Gasteiger partial charge < -0.3 is 10.1 Å². The molecule has 23 heavy (non-hydrogen) atoms. The smallest absolute Gasteiger partial charge is 0.338 e. The topological polar surface area (TPSA) is 55.4 Å². The Hall–Kier alpha value is -1.40. The van der Waals surface area contributed by atoms with Crippen molar-refractivity contribution in [3.63, 3.8) is 0 Å². The third kappa shape index (κ3) is 5.32. The van der Waals surface area contributed by atoms with E-state index >= 15 is 0 Å². The number of nitrogens with one attached hydrogen (secondary N) is 1. The van der Waals surface area contributed by atoms with Gasteiger partial charge in [0.2, 0.25) is 0 Å². The molecule has 124 valence electrons. The van der Waals surface area contributed by atoms with Crippen LogP contribution in [0.4, 0.5) is 0 Å². The molecule has 0 aliphatic carbocycles. The Morgan fingerprint density at radius 3 is 2.61 bits per heavy atom. The van der Waals surface area contributed by atoms with E-state index in [0.29, 0.717) is 16.7 Å². The van der Waals surface area contributed by atoms with E-state index in [-0.39, 0.29) is 5.91 Å². The molecule has 1 aliphatic heterocycles. The van der Waals surface area contributed by atoms with Crippen LogP contribution in [-0.2, 0) is 9.53 Å². The first-order valence-corrected chi connectivity index (χ1v) is 9.64. The largest absolute Gasteiger partial charge is 0.449 e. The third-order valence-corrected chi connectivity index (χ3v) is 6.33. The predicted molar refractivity (Wildman–Crippen MR) is 96.8 cm³/mol. The molecule has 2 rings (SSSR count). The van der Waals surface area contributed by atoms with Crippen molar-refractivity contribution in [3.8, 4) is 0 Å². The quantitative estimate of drug-likeness (QED) is 0.629. The highest BCUT2D eigenvalue weighted by Gasteiger charge is 2.20. The van der Waals surface area contributed by atoms with Gasteiger partial charge in [0.15, 0.2) is 6.10 Å². The van der Waals surface area contributed by atoms with Crippen LogP contribution in [0, 0.1) is 0 Å². The number of amides is 1. The third-order valence-electron chi connectivity index (χ3n) is 3.32. The van der Waals surface area contributed by atoms with Gasteiger partial charge in [0, 0.05) is 6.54 Å². The molecule has 1 heterocycles. The minimum absolute atomic E-state index is 0.329. The van der Waals surface area contributed by atoms with Crippen LogP contribution in [0.3, 0.4) is 0 Å². The normalized spacial score (nSPS) is 16.4. The minimum Gasteiger partial charge on any atom is -0.449 e. The second kappa shape index (κ2) is 9.03. The zero-order valence-corrected chi connectivity index (χ0v) is 14.8. The lowest BCUT2D eigenvalue weighted by Crippen LogP contribution is -2.35. The molecule has 0 saturated carbocycles. The summed E-state index contributed by atoms with van der Waals surface area (Å²) in [6.45, 7) is 5.43. The van der Waals surface area contributed by atoms with Crippen LogP contribution in [0.5, 0.6) is 0 Å². The van der Waals surface area contributed by atoms with Crippen molar-refractivity contribution >= 4 is 35.4 Å². The van der Waals surface area contributed by atoms with Crippen molar-refractivity contribution in [2.24, 2.45) is 0 Å². The van der Waals surface area contributed by atoms with Crippen LogP contribution in [-0.4, -0.2) is 36.0 Å². The molecule has 0 bridgehead atoms. The minimum atomic E-state index is -0.827. The van der Waals surface area contributed by atoms with Crippen molar-refractivity contribution in [1.82, 2.24) is 5.32 Å². The summed E-state index contributed by atoms with van der Waals surface area (Å²) in [6, 6.07) is 7.47. The molecule has 1 saturated heterocycles. The summed E-state index contributed by atoms with van der Waals surface area (Å²) in [4.78, 5) is 23.8. The predicted octanol–water partition coefficient (Wildman–Crippen LogP) is 3.40. The Bertz CT molecular complexity index is 553. The molecule has 4 nitrogen and oxygen atoms in total. The van der Waals surface area contributed by atoms with E-state index in [0.717, 1.165) is 0 Å². The molecule has 0 unspecified atom stereocenters.